The van der Waals surface area contributed by atoms with Gasteiger partial charge >= 0.3 is 0 Å². The van der Waals surface area contributed by atoms with Gasteiger partial charge in [0.05, 0.1) is 0 Å². The topological polar surface area (TPSA) is 15.3 Å². The normalized spacial score (nSPS) is 27.5. The van der Waals surface area contributed by atoms with Crippen molar-refractivity contribution in [1.29, 1.82) is 0 Å². The average Bonchev–Trinajstić information content (AvgIpc) is 2.35. The average molecular weight is 260 g/mol. The molecule has 2 nitrogen and oxygen atoms in total. The van der Waals surface area contributed by atoms with E-state index in [0.29, 0.717) is 6.04 Å². The Hall–Kier alpha value is -1.02. The van der Waals surface area contributed by atoms with Gasteiger partial charge in [0.1, 0.15) is 0 Å². The van der Waals surface area contributed by atoms with E-state index < -0.39 is 0 Å². The highest BCUT2D eigenvalue weighted by molar-refractivity contribution is 5.46. The molecule has 1 aliphatic carbocycles. The Morgan fingerprint density at radius 3 is 2.74 bits per heavy atom. The molecule has 3 unspecified atom stereocenters. The van der Waals surface area contributed by atoms with Crippen molar-refractivity contribution < 1.29 is 0 Å². The fraction of sp³-hybridized carbons (Fsp3) is 0.647. The zero-order valence-corrected chi connectivity index (χ0v) is 12.8. The van der Waals surface area contributed by atoms with Crippen LogP contribution in [0.1, 0.15) is 38.7 Å². The van der Waals surface area contributed by atoms with Crippen molar-refractivity contribution in [2.75, 3.05) is 19.4 Å². The summed E-state index contributed by atoms with van der Waals surface area (Å²) in [5, 5.41) is 3.76. The number of rotatable bonds is 4. The first-order valence-corrected chi connectivity index (χ1v) is 7.56. The Morgan fingerprint density at radius 2 is 2.00 bits per heavy atom. The summed E-state index contributed by atoms with van der Waals surface area (Å²) in [7, 11) is 4.23. The molecule has 2 heteroatoms. The van der Waals surface area contributed by atoms with Crippen LogP contribution >= 0.6 is 0 Å². The molecule has 19 heavy (non-hydrogen) atoms. The number of anilines is 1. The zero-order chi connectivity index (χ0) is 13.8. The molecule has 1 saturated carbocycles. The van der Waals surface area contributed by atoms with Crippen LogP contribution in [0.25, 0.3) is 0 Å². The zero-order valence-electron chi connectivity index (χ0n) is 12.8. The van der Waals surface area contributed by atoms with Gasteiger partial charge in [-0.2, -0.15) is 0 Å². The van der Waals surface area contributed by atoms with E-state index in [4.69, 9.17) is 0 Å². The first kappa shape index (κ1) is 14.4. The number of benzene rings is 1. The molecular weight excluding hydrogens is 232 g/mol. The minimum atomic E-state index is 0.637. The molecule has 0 saturated heterocycles. The van der Waals surface area contributed by atoms with E-state index in [1.165, 1.54) is 30.5 Å². The lowest BCUT2D eigenvalue weighted by molar-refractivity contribution is 0.253. The highest BCUT2D eigenvalue weighted by Gasteiger charge is 2.26. The Morgan fingerprint density at radius 1 is 1.21 bits per heavy atom. The number of hydrogen-bond acceptors (Lipinski definition) is 2. The fourth-order valence-corrected chi connectivity index (χ4v) is 3.12. The number of nitrogens with zero attached hydrogens (tertiary/aromatic N) is 1. The summed E-state index contributed by atoms with van der Waals surface area (Å²) < 4.78 is 0. The Bertz CT molecular complexity index is 400. The Kier molecular flexibility index (Phi) is 4.87. The molecule has 0 spiro atoms. The largest absolute Gasteiger partial charge is 0.382 e. The van der Waals surface area contributed by atoms with Crippen LogP contribution in [0.2, 0.25) is 0 Å². The van der Waals surface area contributed by atoms with E-state index in [9.17, 15) is 0 Å². The summed E-state index contributed by atoms with van der Waals surface area (Å²) in [6.07, 6.45) is 4.06. The van der Waals surface area contributed by atoms with E-state index >= 15 is 0 Å². The molecule has 2 rings (SSSR count). The summed E-state index contributed by atoms with van der Waals surface area (Å²) in [5.74, 6) is 1.61. The lowest BCUT2D eigenvalue weighted by atomic mass is 9.78. The van der Waals surface area contributed by atoms with E-state index in [1.54, 1.807) is 0 Å². The van der Waals surface area contributed by atoms with Gasteiger partial charge in [0, 0.05) is 18.3 Å². The molecule has 1 aromatic carbocycles. The molecule has 0 amide bonds. The van der Waals surface area contributed by atoms with E-state index in [1.807, 2.05) is 0 Å². The van der Waals surface area contributed by atoms with Crippen LogP contribution in [-0.2, 0) is 6.54 Å². The molecule has 0 aliphatic heterocycles. The molecule has 1 aromatic rings. The molecule has 1 aliphatic rings. The highest BCUT2D eigenvalue weighted by atomic mass is 15.0. The maximum absolute atomic E-state index is 3.76. The molecule has 0 aromatic heterocycles. The third-order valence-electron chi connectivity index (χ3n) is 4.48. The first-order valence-electron chi connectivity index (χ1n) is 7.56. The van der Waals surface area contributed by atoms with Crippen LogP contribution in [0.15, 0.2) is 24.3 Å². The van der Waals surface area contributed by atoms with Crippen molar-refractivity contribution in [2.24, 2.45) is 11.8 Å². The Balaban J connectivity index is 2.02. The molecule has 0 heterocycles. The SMILES string of the molecule is CC1CCCC(Nc2cccc(CN(C)C)c2)C1C. The summed E-state index contributed by atoms with van der Waals surface area (Å²) in [4.78, 5) is 2.21. The maximum Gasteiger partial charge on any atom is 0.0345 e. The van der Waals surface area contributed by atoms with Gasteiger partial charge in [-0.3, -0.25) is 0 Å². The van der Waals surface area contributed by atoms with E-state index in [2.05, 4.69) is 62.4 Å². The van der Waals surface area contributed by atoms with Gasteiger partial charge < -0.3 is 10.2 Å². The molecular formula is C17H28N2. The predicted molar refractivity (Wildman–Crippen MR) is 83.4 cm³/mol. The second kappa shape index (κ2) is 6.42. The van der Waals surface area contributed by atoms with Crippen molar-refractivity contribution >= 4 is 5.69 Å². The first-order chi connectivity index (χ1) is 9.06. The minimum absolute atomic E-state index is 0.637. The van der Waals surface area contributed by atoms with Crippen LogP contribution in [0.5, 0.6) is 0 Å². The minimum Gasteiger partial charge on any atom is -0.382 e. The van der Waals surface area contributed by atoms with Gasteiger partial charge in [-0.15, -0.1) is 0 Å². The summed E-state index contributed by atoms with van der Waals surface area (Å²) >= 11 is 0. The molecule has 1 N–H and O–H groups in total. The quantitative estimate of drug-likeness (QED) is 0.880. The lowest BCUT2D eigenvalue weighted by Gasteiger charge is -2.35. The maximum atomic E-state index is 3.76. The van der Waals surface area contributed by atoms with Crippen LogP contribution in [0, 0.1) is 11.8 Å². The van der Waals surface area contributed by atoms with Crippen molar-refractivity contribution in [1.82, 2.24) is 4.90 Å². The van der Waals surface area contributed by atoms with E-state index in [-0.39, 0.29) is 0 Å². The monoisotopic (exact) mass is 260 g/mol. The van der Waals surface area contributed by atoms with E-state index in [0.717, 1.165) is 18.4 Å². The van der Waals surface area contributed by atoms with Crippen molar-refractivity contribution in [3.8, 4) is 0 Å². The molecule has 0 bridgehead atoms. The van der Waals surface area contributed by atoms with Gasteiger partial charge in [0.25, 0.3) is 0 Å². The van der Waals surface area contributed by atoms with Crippen LogP contribution in [0.3, 0.4) is 0 Å². The van der Waals surface area contributed by atoms with Crippen molar-refractivity contribution in [3.05, 3.63) is 29.8 Å². The predicted octanol–water partition coefficient (Wildman–Crippen LogP) is 3.98. The lowest BCUT2D eigenvalue weighted by Crippen LogP contribution is -2.35. The standard InChI is InChI=1S/C17H28N2/c1-13-7-5-10-17(14(13)2)18-16-9-6-8-15(11-16)12-19(3)4/h6,8-9,11,13-14,17-18H,5,7,10,12H2,1-4H3. The fourth-order valence-electron chi connectivity index (χ4n) is 3.12. The van der Waals surface area contributed by atoms with Gasteiger partial charge in [-0.25, -0.2) is 0 Å². The Labute approximate surface area is 118 Å². The third-order valence-corrected chi connectivity index (χ3v) is 4.48. The molecule has 106 valence electrons. The second-order valence-electron chi connectivity index (χ2n) is 6.46. The van der Waals surface area contributed by atoms with Crippen LogP contribution < -0.4 is 5.32 Å². The highest BCUT2D eigenvalue weighted by Crippen LogP contribution is 2.31. The second-order valence-corrected chi connectivity index (χ2v) is 6.46. The molecule has 3 atom stereocenters. The van der Waals surface area contributed by atoms with Crippen molar-refractivity contribution in [3.63, 3.8) is 0 Å². The smallest absolute Gasteiger partial charge is 0.0345 e. The van der Waals surface area contributed by atoms with Gasteiger partial charge in [-0.1, -0.05) is 38.8 Å². The van der Waals surface area contributed by atoms with Gasteiger partial charge in [0.2, 0.25) is 0 Å². The third kappa shape index (κ3) is 3.97. The van der Waals surface area contributed by atoms with Crippen LogP contribution in [-0.4, -0.2) is 25.0 Å². The van der Waals surface area contributed by atoms with Gasteiger partial charge in [0.15, 0.2) is 0 Å². The van der Waals surface area contributed by atoms with Gasteiger partial charge in [-0.05, 0) is 50.0 Å². The number of hydrogen-bond donors (Lipinski definition) is 1. The summed E-state index contributed by atoms with van der Waals surface area (Å²) in [5.41, 5.74) is 2.66. The number of nitrogens with one attached hydrogen (secondary N) is 1. The van der Waals surface area contributed by atoms with Crippen molar-refractivity contribution in [2.45, 2.75) is 45.7 Å². The van der Waals surface area contributed by atoms with Crippen LogP contribution in [0.4, 0.5) is 5.69 Å². The molecule has 1 fully saturated rings. The summed E-state index contributed by atoms with van der Waals surface area (Å²) in [6, 6.07) is 9.51. The summed E-state index contributed by atoms with van der Waals surface area (Å²) in [6.45, 7) is 5.79. The molecule has 0 radical (unpaired) electrons.